The largest absolute Gasteiger partial charge is 0.493 e. The lowest BCUT2D eigenvalue weighted by atomic mass is 9.98. The van der Waals surface area contributed by atoms with Crippen LogP contribution in [0, 0.1) is 0 Å². The maximum absolute atomic E-state index is 12.8. The lowest BCUT2D eigenvalue weighted by Crippen LogP contribution is -2.37. The van der Waals surface area contributed by atoms with Crippen molar-refractivity contribution in [3.05, 3.63) is 59.8 Å². The van der Waals surface area contributed by atoms with Gasteiger partial charge in [-0.2, -0.15) is 0 Å². The van der Waals surface area contributed by atoms with E-state index in [0.29, 0.717) is 18.8 Å². The molecule has 2 heterocycles. The Hall–Kier alpha value is -2.95. The molecule has 0 aliphatic carbocycles. The van der Waals surface area contributed by atoms with Crippen molar-refractivity contribution >= 4 is 16.8 Å². The highest BCUT2D eigenvalue weighted by Crippen LogP contribution is 2.33. The second-order valence-electron chi connectivity index (χ2n) is 6.54. The van der Waals surface area contributed by atoms with E-state index in [2.05, 4.69) is 6.07 Å². The van der Waals surface area contributed by atoms with Gasteiger partial charge in [-0.3, -0.25) is 4.79 Å². The minimum atomic E-state index is 0.131. The van der Waals surface area contributed by atoms with Crippen molar-refractivity contribution in [2.24, 2.45) is 0 Å². The van der Waals surface area contributed by atoms with Crippen molar-refractivity contribution in [1.29, 1.82) is 0 Å². The highest BCUT2D eigenvalue weighted by atomic mass is 16.5. The number of benzene rings is 2. The van der Waals surface area contributed by atoms with E-state index in [4.69, 9.17) is 9.47 Å². The lowest BCUT2D eigenvalue weighted by molar-refractivity contribution is -0.132. The van der Waals surface area contributed by atoms with Gasteiger partial charge in [0.2, 0.25) is 5.91 Å². The van der Waals surface area contributed by atoms with E-state index in [1.54, 1.807) is 14.2 Å². The van der Waals surface area contributed by atoms with E-state index in [1.165, 1.54) is 5.56 Å². The number of amides is 1. The van der Waals surface area contributed by atoms with Crippen LogP contribution in [-0.4, -0.2) is 36.1 Å². The van der Waals surface area contributed by atoms with Gasteiger partial charge in [-0.05, 0) is 47.2 Å². The summed E-state index contributed by atoms with van der Waals surface area (Å²) in [5.74, 6) is 1.58. The van der Waals surface area contributed by atoms with E-state index < -0.39 is 0 Å². The number of methoxy groups -OCH3 is 2. The Labute approximate surface area is 152 Å². The Morgan fingerprint density at radius 1 is 1.04 bits per heavy atom. The normalized spacial score (nSPS) is 13.5. The molecule has 0 unspecified atom stereocenters. The third kappa shape index (κ3) is 2.90. The fraction of sp³-hybridized carbons (Fsp3) is 0.286. The number of para-hydroxylation sites is 1. The monoisotopic (exact) mass is 350 g/mol. The van der Waals surface area contributed by atoms with Gasteiger partial charge in [0, 0.05) is 24.8 Å². The smallest absolute Gasteiger partial charge is 0.242 e. The zero-order valence-corrected chi connectivity index (χ0v) is 15.1. The van der Waals surface area contributed by atoms with E-state index in [9.17, 15) is 4.79 Å². The summed E-state index contributed by atoms with van der Waals surface area (Å²) in [6.07, 6.45) is 2.81. The Morgan fingerprint density at radius 3 is 2.54 bits per heavy atom. The van der Waals surface area contributed by atoms with Crippen LogP contribution in [0.15, 0.2) is 48.7 Å². The quantitative estimate of drug-likeness (QED) is 0.725. The number of hydrogen-bond donors (Lipinski definition) is 0. The van der Waals surface area contributed by atoms with Crippen LogP contribution in [0.2, 0.25) is 0 Å². The van der Waals surface area contributed by atoms with E-state index >= 15 is 0 Å². The summed E-state index contributed by atoms with van der Waals surface area (Å²) in [5.41, 5.74) is 3.43. The summed E-state index contributed by atoms with van der Waals surface area (Å²) in [6, 6.07) is 14.2. The number of fused-ring (bicyclic) bond motifs is 2. The molecule has 0 bridgehead atoms. The van der Waals surface area contributed by atoms with Gasteiger partial charge < -0.3 is 18.9 Å². The number of ether oxygens (including phenoxy) is 2. The van der Waals surface area contributed by atoms with Gasteiger partial charge in [-0.25, -0.2) is 0 Å². The molecule has 5 heteroatoms. The number of rotatable bonds is 4. The van der Waals surface area contributed by atoms with Crippen LogP contribution in [0.5, 0.6) is 11.5 Å². The van der Waals surface area contributed by atoms with Crippen molar-refractivity contribution in [2.45, 2.75) is 19.5 Å². The predicted molar refractivity (Wildman–Crippen MR) is 101 cm³/mol. The molecule has 5 nitrogen and oxygen atoms in total. The summed E-state index contributed by atoms with van der Waals surface area (Å²) < 4.78 is 12.8. The molecular formula is C21H22N2O3. The van der Waals surface area contributed by atoms with Crippen LogP contribution in [0.3, 0.4) is 0 Å². The van der Waals surface area contributed by atoms with Crippen LogP contribution in [-0.2, 0) is 24.3 Å². The van der Waals surface area contributed by atoms with Gasteiger partial charge in [-0.15, -0.1) is 0 Å². The molecule has 134 valence electrons. The third-order valence-corrected chi connectivity index (χ3v) is 5.06. The SMILES string of the molecule is COc1cc2c(cc1OC)CN(C(=O)Cn1ccc3ccccc31)CC2. The van der Waals surface area contributed by atoms with Gasteiger partial charge >= 0.3 is 0 Å². The molecule has 1 aliphatic heterocycles. The summed E-state index contributed by atoms with van der Waals surface area (Å²) in [4.78, 5) is 14.8. The second kappa shape index (κ2) is 6.75. The maximum atomic E-state index is 12.8. The maximum Gasteiger partial charge on any atom is 0.242 e. The summed E-state index contributed by atoms with van der Waals surface area (Å²) in [5, 5.41) is 1.15. The predicted octanol–water partition coefficient (Wildman–Crippen LogP) is 3.24. The average Bonchev–Trinajstić information content (AvgIpc) is 3.09. The highest BCUT2D eigenvalue weighted by Gasteiger charge is 2.23. The minimum absolute atomic E-state index is 0.131. The van der Waals surface area contributed by atoms with Crippen molar-refractivity contribution in [3.8, 4) is 11.5 Å². The van der Waals surface area contributed by atoms with Crippen LogP contribution in [0.1, 0.15) is 11.1 Å². The van der Waals surface area contributed by atoms with Gasteiger partial charge in [0.05, 0.1) is 14.2 Å². The molecule has 0 N–H and O–H groups in total. The molecule has 0 saturated carbocycles. The number of nitrogens with zero attached hydrogens (tertiary/aromatic N) is 2. The van der Waals surface area contributed by atoms with Crippen LogP contribution < -0.4 is 9.47 Å². The first-order valence-corrected chi connectivity index (χ1v) is 8.75. The van der Waals surface area contributed by atoms with Crippen LogP contribution >= 0.6 is 0 Å². The summed E-state index contributed by atoms with van der Waals surface area (Å²) >= 11 is 0. The molecule has 1 aromatic heterocycles. The topological polar surface area (TPSA) is 43.7 Å². The Bertz CT molecular complexity index is 961. The molecule has 2 aromatic carbocycles. The lowest BCUT2D eigenvalue weighted by Gasteiger charge is -2.30. The van der Waals surface area contributed by atoms with Crippen LogP contribution in [0.25, 0.3) is 10.9 Å². The third-order valence-electron chi connectivity index (χ3n) is 5.06. The first-order valence-electron chi connectivity index (χ1n) is 8.75. The zero-order chi connectivity index (χ0) is 18.1. The minimum Gasteiger partial charge on any atom is -0.493 e. The molecule has 4 rings (SSSR count). The molecule has 0 spiro atoms. The standard InChI is InChI=1S/C21H22N2O3/c1-25-19-11-16-8-10-23(13-17(16)12-20(19)26-2)21(24)14-22-9-7-15-5-3-4-6-18(15)22/h3-7,9,11-12H,8,10,13-14H2,1-2H3. The van der Waals surface area contributed by atoms with E-state index in [0.717, 1.165) is 35.2 Å². The van der Waals surface area contributed by atoms with Crippen molar-refractivity contribution < 1.29 is 14.3 Å². The molecule has 0 atom stereocenters. The second-order valence-corrected chi connectivity index (χ2v) is 6.54. The molecule has 3 aromatic rings. The van der Waals surface area contributed by atoms with Gasteiger partial charge in [-0.1, -0.05) is 18.2 Å². The fourth-order valence-corrected chi connectivity index (χ4v) is 3.62. The number of carbonyl (C=O) groups excluding carboxylic acids is 1. The van der Waals surface area contributed by atoms with E-state index in [-0.39, 0.29) is 5.91 Å². The molecular weight excluding hydrogens is 328 g/mol. The highest BCUT2D eigenvalue weighted by molar-refractivity contribution is 5.83. The van der Waals surface area contributed by atoms with Crippen LogP contribution in [0.4, 0.5) is 0 Å². The fourth-order valence-electron chi connectivity index (χ4n) is 3.62. The van der Waals surface area contributed by atoms with Gasteiger partial charge in [0.25, 0.3) is 0 Å². The summed E-state index contributed by atoms with van der Waals surface area (Å²) in [6.45, 7) is 1.68. The Morgan fingerprint density at radius 2 is 1.77 bits per heavy atom. The number of carbonyl (C=O) groups is 1. The Kier molecular flexibility index (Phi) is 4.29. The Balaban J connectivity index is 1.54. The molecule has 26 heavy (non-hydrogen) atoms. The summed E-state index contributed by atoms with van der Waals surface area (Å²) in [7, 11) is 3.28. The van der Waals surface area contributed by atoms with Crippen molar-refractivity contribution in [3.63, 3.8) is 0 Å². The first kappa shape index (κ1) is 16.5. The number of aromatic nitrogens is 1. The van der Waals surface area contributed by atoms with E-state index in [1.807, 2.05) is 52.1 Å². The molecule has 0 saturated heterocycles. The number of hydrogen-bond acceptors (Lipinski definition) is 3. The molecule has 0 radical (unpaired) electrons. The molecule has 1 aliphatic rings. The van der Waals surface area contributed by atoms with Gasteiger partial charge in [0.15, 0.2) is 11.5 Å². The molecule has 1 amide bonds. The van der Waals surface area contributed by atoms with Crippen molar-refractivity contribution in [2.75, 3.05) is 20.8 Å². The molecule has 0 fully saturated rings. The average molecular weight is 350 g/mol. The van der Waals surface area contributed by atoms with Gasteiger partial charge in [0.1, 0.15) is 6.54 Å². The van der Waals surface area contributed by atoms with Crippen molar-refractivity contribution in [1.82, 2.24) is 9.47 Å². The zero-order valence-electron chi connectivity index (χ0n) is 15.1. The first-order chi connectivity index (χ1) is 12.7.